The second-order valence-electron chi connectivity index (χ2n) is 14.9. The second kappa shape index (κ2) is 18.0. The summed E-state index contributed by atoms with van der Waals surface area (Å²) in [5, 5.41) is 50.4. The van der Waals surface area contributed by atoms with E-state index >= 15 is 0 Å². The first-order valence-electron chi connectivity index (χ1n) is 18.5. The van der Waals surface area contributed by atoms with E-state index in [1.807, 2.05) is 42.7 Å². The number of carbonyl (C=O) groups excluding carboxylic acids is 1. The summed E-state index contributed by atoms with van der Waals surface area (Å²) in [4.78, 5) is 19.0. The number of halogens is 1. The number of hydrogen-bond acceptors (Lipinski definition) is 10. The molecule has 1 aromatic heterocycles. The van der Waals surface area contributed by atoms with E-state index in [1.165, 1.54) is 10.5 Å². The highest BCUT2D eigenvalue weighted by Gasteiger charge is 2.45. The summed E-state index contributed by atoms with van der Waals surface area (Å²) in [6.07, 6.45) is 4.69. The van der Waals surface area contributed by atoms with E-state index in [9.17, 15) is 33.6 Å². The molecule has 3 aromatic rings. The summed E-state index contributed by atoms with van der Waals surface area (Å²) in [5.74, 6) is -0.0773. The van der Waals surface area contributed by atoms with Crippen LogP contribution in [-0.4, -0.2) is 112 Å². The van der Waals surface area contributed by atoms with E-state index < -0.39 is 46.8 Å². The minimum Gasteiger partial charge on any atom is -0.490 e. The molecule has 290 valence electrons. The summed E-state index contributed by atoms with van der Waals surface area (Å²) < 4.78 is 29.7. The van der Waals surface area contributed by atoms with Gasteiger partial charge >= 0.3 is 0 Å². The Hall–Kier alpha value is -3.10. The van der Waals surface area contributed by atoms with Gasteiger partial charge in [-0.25, -0.2) is 8.42 Å². The van der Waals surface area contributed by atoms with Crippen molar-refractivity contribution in [2.75, 3.05) is 31.7 Å². The third kappa shape index (κ3) is 11.0. The molecule has 0 aliphatic heterocycles. The first kappa shape index (κ1) is 41.1. The zero-order chi connectivity index (χ0) is 38.3. The fourth-order valence-corrected chi connectivity index (χ4v) is 7.81. The number of aliphatic hydroxyl groups excluding tert-OH is 5. The van der Waals surface area contributed by atoms with Gasteiger partial charge in [-0.1, -0.05) is 48.9 Å². The predicted molar refractivity (Wildman–Crippen MR) is 204 cm³/mol. The van der Waals surface area contributed by atoms with Crippen molar-refractivity contribution in [1.29, 1.82) is 0 Å². The van der Waals surface area contributed by atoms with Gasteiger partial charge in [0.25, 0.3) is 5.91 Å². The molecule has 0 bridgehead atoms. The molecule has 5 N–H and O–H groups in total. The lowest BCUT2D eigenvalue weighted by molar-refractivity contribution is -0.158. The highest BCUT2D eigenvalue weighted by Crippen LogP contribution is 2.55. The molecule has 0 saturated heterocycles. The van der Waals surface area contributed by atoms with Crippen LogP contribution in [-0.2, 0) is 26.5 Å². The topological polar surface area (TPSA) is 178 Å². The SMILES string of the molecule is CC(CCCN(CCCS(C)(=O)=O)C(=O)[C@@H](O)[C@@H](O)[C@H](O)[C@@H](O)CO)c1ccc(Cl)c(CCC2(c3cnccc3-c3ccccc3OC3CC3)CC2)c1. The summed E-state index contributed by atoms with van der Waals surface area (Å²) in [6.45, 7) is 1.38. The number of para-hydroxylation sites is 1. The number of benzene rings is 2. The first-order chi connectivity index (χ1) is 25.2. The quantitative estimate of drug-likeness (QED) is 0.106. The number of amides is 1. The standard InChI is InChI=1S/C40H53ClN2O9S/c1-26(7-5-20-43(21-6-22-53(2,50)51)39(49)38(48)37(47)36(46)34(45)25-44)27-10-13-33(41)28(23-27)14-16-40(17-18-40)32-24-42-19-15-30(32)31-8-3-4-9-35(31)52-29-11-12-29/h3-4,8-10,13,15,19,23-24,26,29,34,36-38,44-48H,5-7,11-12,14,16-18,20-22,25H2,1-2H3/t26?,34-,36+,37-,38-/m0/s1. The molecule has 13 heteroatoms. The van der Waals surface area contributed by atoms with Gasteiger partial charge in [0.2, 0.25) is 0 Å². The molecular formula is C40H53ClN2O9S. The molecule has 1 unspecified atom stereocenters. The number of pyridine rings is 1. The Morgan fingerprint density at radius 2 is 1.74 bits per heavy atom. The molecule has 0 spiro atoms. The van der Waals surface area contributed by atoms with Crippen LogP contribution in [0.3, 0.4) is 0 Å². The van der Waals surface area contributed by atoms with Gasteiger partial charge in [0.05, 0.1) is 18.5 Å². The normalized spacial score (nSPS) is 18.1. The van der Waals surface area contributed by atoms with Crippen LogP contribution in [0, 0.1) is 0 Å². The molecule has 1 amide bonds. The Bertz CT molecular complexity index is 1800. The van der Waals surface area contributed by atoms with Crippen LogP contribution < -0.4 is 4.74 Å². The number of carbonyl (C=O) groups is 1. The van der Waals surface area contributed by atoms with Gasteiger partial charge in [-0.2, -0.15) is 0 Å². The maximum absolute atomic E-state index is 13.2. The van der Waals surface area contributed by atoms with E-state index in [1.54, 1.807) is 0 Å². The molecule has 2 saturated carbocycles. The molecule has 0 radical (unpaired) electrons. The van der Waals surface area contributed by atoms with E-state index in [-0.39, 0.29) is 36.6 Å². The minimum atomic E-state index is -3.30. The molecule has 2 aliphatic rings. The van der Waals surface area contributed by atoms with Crippen LogP contribution in [0.4, 0.5) is 0 Å². The minimum absolute atomic E-state index is 0.00128. The van der Waals surface area contributed by atoms with Gasteiger partial charge in [-0.15, -0.1) is 0 Å². The van der Waals surface area contributed by atoms with Crippen LogP contribution in [0.5, 0.6) is 5.75 Å². The van der Waals surface area contributed by atoms with Crippen LogP contribution in [0.2, 0.25) is 5.02 Å². The summed E-state index contributed by atoms with van der Waals surface area (Å²) in [6, 6.07) is 16.4. The lowest BCUT2D eigenvalue weighted by Crippen LogP contribution is -2.53. The first-order valence-corrected chi connectivity index (χ1v) is 21.0. The van der Waals surface area contributed by atoms with Crippen molar-refractivity contribution in [2.24, 2.45) is 0 Å². The summed E-state index contributed by atoms with van der Waals surface area (Å²) >= 11 is 6.76. The Morgan fingerprint density at radius 3 is 2.42 bits per heavy atom. The van der Waals surface area contributed by atoms with E-state index in [0.29, 0.717) is 24.0 Å². The Labute approximate surface area is 317 Å². The highest BCUT2D eigenvalue weighted by atomic mass is 35.5. The summed E-state index contributed by atoms with van der Waals surface area (Å²) in [7, 11) is -3.30. The Kier molecular flexibility index (Phi) is 14.0. The van der Waals surface area contributed by atoms with Crippen LogP contribution in [0.15, 0.2) is 60.9 Å². The number of aliphatic hydroxyl groups is 5. The zero-order valence-electron chi connectivity index (χ0n) is 30.5. The monoisotopic (exact) mass is 772 g/mol. The smallest absolute Gasteiger partial charge is 0.254 e. The molecule has 53 heavy (non-hydrogen) atoms. The average Bonchev–Trinajstić information content (AvgIpc) is 4.09. The van der Waals surface area contributed by atoms with E-state index in [2.05, 4.69) is 30.1 Å². The Morgan fingerprint density at radius 1 is 1.02 bits per heavy atom. The van der Waals surface area contributed by atoms with Crippen molar-refractivity contribution in [3.05, 3.63) is 82.6 Å². The molecular weight excluding hydrogens is 720 g/mol. The van der Waals surface area contributed by atoms with Crippen LogP contribution in [0.1, 0.15) is 80.9 Å². The molecule has 2 fully saturated rings. The largest absolute Gasteiger partial charge is 0.490 e. The van der Waals surface area contributed by atoms with Gasteiger partial charge in [0.1, 0.15) is 33.9 Å². The van der Waals surface area contributed by atoms with Crippen molar-refractivity contribution < 1.29 is 43.5 Å². The highest BCUT2D eigenvalue weighted by molar-refractivity contribution is 7.90. The second-order valence-corrected chi connectivity index (χ2v) is 17.6. The maximum atomic E-state index is 13.2. The van der Waals surface area contributed by atoms with Crippen molar-refractivity contribution in [3.63, 3.8) is 0 Å². The number of hydrogen-bond donors (Lipinski definition) is 5. The maximum Gasteiger partial charge on any atom is 0.254 e. The Balaban J connectivity index is 1.23. The number of aryl methyl sites for hydroxylation is 1. The van der Waals surface area contributed by atoms with Crippen LogP contribution >= 0.6 is 11.6 Å². The van der Waals surface area contributed by atoms with Crippen LogP contribution in [0.25, 0.3) is 11.1 Å². The van der Waals surface area contributed by atoms with Crippen molar-refractivity contribution in [1.82, 2.24) is 9.88 Å². The molecule has 2 aromatic carbocycles. The number of ether oxygens (including phenoxy) is 1. The van der Waals surface area contributed by atoms with Gasteiger partial charge < -0.3 is 35.2 Å². The molecule has 11 nitrogen and oxygen atoms in total. The van der Waals surface area contributed by atoms with E-state index in [0.717, 1.165) is 72.8 Å². The lowest BCUT2D eigenvalue weighted by atomic mass is 9.84. The van der Waals surface area contributed by atoms with Gasteiger partial charge in [-0.3, -0.25) is 9.78 Å². The fourth-order valence-electron chi connectivity index (χ4n) is 6.94. The van der Waals surface area contributed by atoms with E-state index in [4.69, 9.17) is 21.4 Å². The molecule has 5 rings (SSSR count). The third-order valence-corrected chi connectivity index (χ3v) is 12.0. The van der Waals surface area contributed by atoms with Gasteiger partial charge in [0, 0.05) is 42.3 Å². The van der Waals surface area contributed by atoms with Crippen molar-refractivity contribution in [2.45, 2.75) is 107 Å². The van der Waals surface area contributed by atoms with Crippen molar-refractivity contribution in [3.8, 4) is 16.9 Å². The zero-order valence-corrected chi connectivity index (χ0v) is 32.1. The lowest BCUT2D eigenvalue weighted by Gasteiger charge is -2.30. The third-order valence-electron chi connectivity index (χ3n) is 10.6. The molecule has 1 heterocycles. The van der Waals surface area contributed by atoms with Crippen molar-refractivity contribution >= 4 is 27.3 Å². The number of aromatic nitrogens is 1. The number of nitrogens with zero attached hydrogens (tertiary/aromatic N) is 2. The number of rotatable bonds is 21. The summed E-state index contributed by atoms with van der Waals surface area (Å²) in [5.41, 5.74) is 5.64. The van der Waals surface area contributed by atoms with Gasteiger partial charge in [-0.05, 0) is 110 Å². The van der Waals surface area contributed by atoms with Gasteiger partial charge in [0.15, 0.2) is 6.10 Å². The number of sulfone groups is 1. The molecule has 2 aliphatic carbocycles. The molecule has 5 atom stereocenters. The average molecular weight is 773 g/mol. The predicted octanol–water partition coefficient (Wildman–Crippen LogP) is 4.19. The fraction of sp³-hybridized carbons (Fsp3) is 0.550.